The van der Waals surface area contributed by atoms with Crippen molar-refractivity contribution in [3.05, 3.63) is 36.5 Å². The Balaban J connectivity index is 2.41. The van der Waals surface area contributed by atoms with E-state index in [-0.39, 0.29) is 26.1 Å². The van der Waals surface area contributed by atoms with Gasteiger partial charge in [-0.2, -0.15) is 0 Å². The number of aliphatic hydroxyl groups is 4. The molecular formula is C35H60O10. The fourth-order valence-electron chi connectivity index (χ4n) is 4.79. The quantitative estimate of drug-likeness (QED) is 0.0563. The van der Waals surface area contributed by atoms with Gasteiger partial charge in [0.1, 0.15) is 31.0 Å². The standard InChI is InChI=1S/C35H60O10/c1-3-5-7-9-10-11-12-13-14-15-16-17-18-20-22-24-31(38)44-28(26-42-30(37)23-21-19-8-6-4-2)27-43-35-34(41)33(40)32(39)29(25-36)45-35/h5,7,10-11,13-14,28-29,32-36,39-41H,3-4,6,8-9,12,15-27H2,1-2H3/b7-5+,11-10+,14-13+/t28?,29-,32+,33+,34-,35-/m1/s1. The van der Waals surface area contributed by atoms with Gasteiger partial charge in [0.05, 0.1) is 13.2 Å². The fourth-order valence-corrected chi connectivity index (χ4v) is 4.79. The first-order chi connectivity index (χ1) is 21.8. The molecule has 1 unspecified atom stereocenters. The van der Waals surface area contributed by atoms with E-state index in [1.165, 1.54) is 0 Å². The minimum absolute atomic E-state index is 0.210. The van der Waals surface area contributed by atoms with E-state index in [1.54, 1.807) is 0 Å². The zero-order valence-corrected chi connectivity index (χ0v) is 27.6. The van der Waals surface area contributed by atoms with E-state index in [9.17, 15) is 30.0 Å². The molecule has 10 heteroatoms. The van der Waals surface area contributed by atoms with E-state index in [4.69, 9.17) is 18.9 Å². The van der Waals surface area contributed by atoms with Gasteiger partial charge in [-0.3, -0.25) is 9.59 Å². The molecule has 1 heterocycles. The minimum atomic E-state index is -1.59. The van der Waals surface area contributed by atoms with Crippen molar-refractivity contribution in [3.63, 3.8) is 0 Å². The van der Waals surface area contributed by atoms with Crippen LogP contribution < -0.4 is 0 Å². The van der Waals surface area contributed by atoms with E-state index < -0.39 is 55.4 Å². The van der Waals surface area contributed by atoms with Crippen molar-refractivity contribution in [2.75, 3.05) is 19.8 Å². The van der Waals surface area contributed by atoms with E-state index in [0.717, 1.165) is 83.5 Å². The summed E-state index contributed by atoms with van der Waals surface area (Å²) in [6.07, 6.45) is 19.2. The number of unbranched alkanes of at least 4 members (excludes halogenated alkanes) is 9. The molecular weight excluding hydrogens is 580 g/mol. The summed E-state index contributed by atoms with van der Waals surface area (Å²) >= 11 is 0. The van der Waals surface area contributed by atoms with Gasteiger partial charge < -0.3 is 39.4 Å². The predicted octanol–water partition coefficient (Wildman–Crippen LogP) is 5.21. The molecule has 0 radical (unpaired) electrons. The number of ether oxygens (including phenoxy) is 4. The zero-order chi connectivity index (χ0) is 33.1. The van der Waals surface area contributed by atoms with Crippen molar-refractivity contribution in [2.45, 2.75) is 153 Å². The summed E-state index contributed by atoms with van der Waals surface area (Å²) in [5.41, 5.74) is 0. The molecule has 0 aromatic rings. The third-order valence-corrected chi connectivity index (χ3v) is 7.54. The summed E-state index contributed by atoms with van der Waals surface area (Å²) in [5, 5.41) is 39.7. The van der Waals surface area contributed by atoms with Crippen molar-refractivity contribution in [3.8, 4) is 0 Å². The minimum Gasteiger partial charge on any atom is -0.462 e. The highest BCUT2D eigenvalue weighted by Crippen LogP contribution is 2.22. The lowest BCUT2D eigenvalue weighted by molar-refractivity contribution is -0.305. The normalized spacial score (nSPS) is 22.8. The first-order valence-corrected chi connectivity index (χ1v) is 17.1. The smallest absolute Gasteiger partial charge is 0.306 e. The largest absolute Gasteiger partial charge is 0.462 e. The Bertz CT molecular complexity index is 840. The van der Waals surface area contributed by atoms with Crippen LogP contribution in [0.3, 0.4) is 0 Å². The molecule has 0 aromatic heterocycles. The second kappa shape index (κ2) is 27.1. The number of aliphatic hydroxyl groups excluding tert-OH is 4. The van der Waals surface area contributed by atoms with Gasteiger partial charge >= 0.3 is 11.9 Å². The van der Waals surface area contributed by atoms with Gasteiger partial charge in [-0.1, -0.05) is 95.2 Å². The van der Waals surface area contributed by atoms with Crippen molar-refractivity contribution >= 4 is 11.9 Å². The number of rotatable bonds is 26. The zero-order valence-electron chi connectivity index (χ0n) is 27.6. The van der Waals surface area contributed by atoms with E-state index >= 15 is 0 Å². The van der Waals surface area contributed by atoms with Crippen LogP contribution in [0.15, 0.2) is 36.5 Å². The molecule has 1 aliphatic heterocycles. The topological polar surface area (TPSA) is 152 Å². The molecule has 0 spiro atoms. The third kappa shape index (κ3) is 19.9. The van der Waals surface area contributed by atoms with Crippen LogP contribution in [0.25, 0.3) is 0 Å². The molecule has 10 nitrogen and oxygen atoms in total. The maximum Gasteiger partial charge on any atom is 0.306 e. The lowest BCUT2D eigenvalue weighted by Gasteiger charge is -2.39. The van der Waals surface area contributed by atoms with Crippen LogP contribution in [0, 0.1) is 0 Å². The molecule has 45 heavy (non-hydrogen) atoms. The Hall–Kier alpha value is -2.08. The highest BCUT2D eigenvalue weighted by molar-refractivity contribution is 5.70. The fraction of sp³-hybridized carbons (Fsp3) is 0.771. The van der Waals surface area contributed by atoms with Crippen molar-refractivity contribution in [2.24, 2.45) is 0 Å². The summed E-state index contributed by atoms with van der Waals surface area (Å²) in [4.78, 5) is 24.8. The van der Waals surface area contributed by atoms with Crippen LogP contribution in [0.2, 0.25) is 0 Å². The number of esters is 2. The maximum atomic E-state index is 12.6. The summed E-state index contributed by atoms with van der Waals surface area (Å²) in [7, 11) is 0. The average molecular weight is 641 g/mol. The van der Waals surface area contributed by atoms with E-state index in [1.807, 2.05) is 0 Å². The molecule has 0 saturated carbocycles. The van der Waals surface area contributed by atoms with Crippen LogP contribution in [0.5, 0.6) is 0 Å². The molecule has 0 bridgehead atoms. The number of carbonyl (C=O) groups excluding carboxylic acids is 2. The number of allylic oxidation sites excluding steroid dienone is 6. The van der Waals surface area contributed by atoms with E-state index in [0.29, 0.717) is 6.42 Å². The highest BCUT2D eigenvalue weighted by Gasteiger charge is 2.44. The SMILES string of the molecule is CC/C=C/C/C=C/C/C=C/CCCCCCCC(=O)OC(COC(=O)CCCCCCC)CO[C@@H]1O[C@H](CO)[C@H](O)[C@H](O)[C@H]1O. The van der Waals surface area contributed by atoms with Gasteiger partial charge in [0.15, 0.2) is 12.4 Å². The van der Waals surface area contributed by atoms with E-state index in [2.05, 4.69) is 50.3 Å². The number of carbonyl (C=O) groups is 2. The Kier molecular flexibility index (Phi) is 24.6. The van der Waals surface area contributed by atoms with Gasteiger partial charge in [-0.05, 0) is 44.9 Å². The molecule has 0 aliphatic carbocycles. The van der Waals surface area contributed by atoms with Gasteiger partial charge in [-0.25, -0.2) is 0 Å². The Labute approximate surface area is 270 Å². The molecule has 1 fully saturated rings. The average Bonchev–Trinajstić information content (AvgIpc) is 3.03. The lowest BCUT2D eigenvalue weighted by atomic mass is 9.99. The molecule has 1 saturated heterocycles. The Morgan fingerprint density at radius 1 is 0.711 bits per heavy atom. The van der Waals surface area contributed by atoms with Crippen LogP contribution in [0.4, 0.5) is 0 Å². The summed E-state index contributed by atoms with van der Waals surface area (Å²) in [5.74, 6) is -0.847. The molecule has 0 aromatic carbocycles. The molecule has 6 atom stereocenters. The predicted molar refractivity (Wildman–Crippen MR) is 173 cm³/mol. The van der Waals surface area contributed by atoms with Crippen LogP contribution in [-0.2, 0) is 28.5 Å². The van der Waals surface area contributed by atoms with Crippen LogP contribution >= 0.6 is 0 Å². The second-order valence-electron chi connectivity index (χ2n) is 11.6. The van der Waals surface area contributed by atoms with Gasteiger partial charge in [-0.15, -0.1) is 0 Å². The molecule has 4 N–H and O–H groups in total. The lowest BCUT2D eigenvalue weighted by Crippen LogP contribution is -2.59. The molecule has 1 aliphatic rings. The Morgan fingerprint density at radius 3 is 1.98 bits per heavy atom. The first-order valence-electron chi connectivity index (χ1n) is 17.1. The van der Waals surface area contributed by atoms with Crippen molar-refractivity contribution in [1.29, 1.82) is 0 Å². The number of hydrogen-bond donors (Lipinski definition) is 4. The third-order valence-electron chi connectivity index (χ3n) is 7.54. The van der Waals surface area contributed by atoms with Crippen molar-refractivity contribution in [1.82, 2.24) is 0 Å². The van der Waals surface area contributed by atoms with Crippen LogP contribution in [0.1, 0.15) is 117 Å². The van der Waals surface area contributed by atoms with Gasteiger partial charge in [0.25, 0.3) is 0 Å². The van der Waals surface area contributed by atoms with Gasteiger partial charge in [0.2, 0.25) is 0 Å². The Morgan fingerprint density at radius 2 is 1.31 bits per heavy atom. The highest BCUT2D eigenvalue weighted by atomic mass is 16.7. The summed E-state index contributed by atoms with van der Waals surface area (Å²) < 4.78 is 21.8. The first kappa shape index (κ1) is 40.9. The summed E-state index contributed by atoms with van der Waals surface area (Å²) in [6, 6.07) is 0. The monoisotopic (exact) mass is 640 g/mol. The number of hydrogen-bond acceptors (Lipinski definition) is 10. The molecule has 0 amide bonds. The second-order valence-corrected chi connectivity index (χ2v) is 11.6. The van der Waals surface area contributed by atoms with Crippen molar-refractivity contribution < 1.29 is 49.0 Å². The van der Waals surface area contributed by atoms with Crippen LogP contribution in [-0.4, -0.2) is 89.0 Å². The van der Waals surface area contributed by atoms with Gasteiger partial charge in [0, 0.05) is 12.8 Å². The molecule has 1 rings (SSSR count). The molecule has 260 valence electrons. The summed E-state index contributed by atoms with van der Waals surface area (Å²) in [6.45, 7) is 3.15. The maximum absolute atomic E-state index is 12.6.